The molecule has 0 saturated carbocycles. The molecule has 88 valence electrons. The highest BCUT2D eigenvalue weighted by atomic mass is 16.5. The average Bonchev–Trinajstić information content (AvgIpc) is 2.84. The highest BCUT2D eigenvalue weighted by molar-refractivity contribution is 5.79. The maximum Gasteiger partial charge on any atom is 0.246 e. The Labute approximate surface area is 93.8 Å². The first-order chi connectivity index (χ1) is 7.66. The summed E-state index contributed by atoms with van der Waals surface area (Å²) in [5.41, 5.74) is 0. The van der Waals surface area contributed by atoms with E-state index < -0.39 is 0 Å². The van der Waals surface area contributed by atoms with Crippen LogP contribution in [0.1, 0.15) is 18.6 Å². The monoisotopic (exact) mass is 224 g/mol. The van der Waals surface area contributed by atoms with E-state index in [0.717, 1.165) is 13.1 Å². The summed E-state index contributed by atoms with van der Waals surface area (Å²) in [6.07, 6.45) is 0. The average molecular weight is 224 g/mol. The van der Waals surface area contributed by atoms with Gasteiger partial charge in [-0.3, -0.25) is 4.79 Å². The Kier molecular flexibility index (Phi) is 3.19. The molecule has 1 aliphatic heterocycles. The molecule has 1 aromatic rings. The number of aromatic nitrogens is 2. The lowest BCUT2D eigenvalue weighted by Crippen LogP contribution is -2.33. The third-order valence-electron chi connectivity index (χ3n) is 2.84. The lowest BCUT2D eigenvalue weighted by molar-refractivity contribution is -0.125. The number of nitrogens with zero attached hydrogens (tertiary/aromatic N) is 2. The molecule has 6 nitrogen and oxygen atoms in total. The summed E-state index contributed by atoms with van der Waals surface area (Å²) in [6, 6.07) is 0. The maximum atomic E-state index is 11.8. The standard InChI is InChI=1S/C10H16N4O2/c1-6-3-11-4-8(6)10(15)12-5-9-13-7(2)14-16-9/h6,8,11H,3-5H2,1-2H3,(H,12,15). The minimum absolute atomic E-state index is 0.0454. The molecule has 0 aliphatic carbocycles. The summed E-state index contributed by atoms with van der Waals surface area (Å²) in [5, 5.41) is 9.66. The molecule has 2 N–H and O–H groups in total. The van der Waals surface area contributed by atoms with Crippen molar-refractivity contribution in [1.29, 1.82) is 0 Å². The van der Waals surface area contributed by atoms with Gasteiger partial charge in [0.15, 0.2) is 5.82 Å². The van der Waals surface area contributed by atoms with Crippen molar-refractivity contribution in [3.8, 4) is 0 Å². The van der Waals surface area contributed by atoms with Crippen molar-refractivity contribution in [3.05, 3.63) is 11.7 Å². The highest BCUT2D eigenvalue weighted by Gasteiger charge is 2.29. The number of aryl methyl sites for hydroxylation is 1. The lowest BCUT2D eigenvalue weighted by atomic mass is 9.97. The fourth-order valence-electron chi connectivity index (χ4n) is 1.87. The van der Waals surface area contributed by atoms with E-state index in [2.05, 4.69) is 27.7 Å². The van der Waals surface area contributed by atoms with Crippen LogP contribution in [0.15, 0.2) is 4.52 Å². The van der Waals surface area contributed by atoms with E-state index >= 15 is 0 Å². The molecule has 2 atom stereocenters. The van der Waals surface area contributed by atoms with Gasteiger partial charge in [-0.15, -0.1) is 0 Å². The lowest BCUT2D eigenvalue weighted by Gasteiger charge is -2.12. The molecule has 1 saturated heterocycles. The molecular formula is C10H16N4O2. The Bertz CT molecular complexity index is 377. The van der Waals surface area contributed by atoms with Gasteiger partial charge in [0.1, 0.15) is 0 Å². The largest absolute Gasteiger partial charge is 0.347 e. The van der Waals surface area contributed by atoms with E-state index in [1.54, 1.807) is 6.92 Å². The van der Waals surface area contributed by atoms with Crippen LogP contribution >= 0.6 is 0 Å². The van der Waals surface area contributed by atoms with Crippen molar-refractivity contribution >= 4 is 5.91 Å². The smallest absolute Gasteiger partial charge is 0.246 e. The van der Waals surface area contributed by atoms with Crippen molar-refractivity contribution in [2.24, 2.45) is 11.8 Å². The van der Waals surface area contributed by atoms with E-state index in [1.165, 1.54) is 0 Å². The fraction of sp³-hybridized carbons (Fsp3) is 0.700. The summed E-state index contributed by atoms with van der Waals surface area (Å²) in [5.74, 6) is 1.51. The first-order valence-corrected chi connectivity index (χ1v) is 5.44. The van der Waals surface area contributed by atoms with Gasteiger partial charge in [-0.2, -0.15) is 4.98 Å². The van der Waals surface area contributed by atoms with Crippen LogP contribution in [-0.2, 0) is 11.3 Å². The number of hydrogen-bond donors (Lipinski definition) is 2. The van der Waals surface area contributed by atoms with E-state index in [4.69, 9.17) is 4.52 Å². The molecule has 2 heterocycles. The third kappa shape index (κ3) is 2.38. The number of carbonyl (C=O) groups excluding carboxylic acids is 1. The number of rotatable bonds is 3. The second-order valence-corrected chi connectivity index (χ2v) is 4.20. The highest BCUT2D eigenvalue weighted by Crippen LogP contribution is 2.15. The molecule has 16 heavy (non-hydrogen) atoms. The molecule has 0 aromatic carbocycles. The van der Waals surface area contributed by atoms with Gasteiger partial charge in [-0.25, -0.2) is 0 Å². The van der Waals surface area contributed by atoms with Crippen LogP contribution in [0, 0.1) is 18.8 Å². The van der Waals surface area contributed by atoms with Crippen molar-refractivity contribution < 1.29 is 9.32 Å². The summed E-state index contributed by atoms with van der Waals surface area (Å²) < 4.78 is 4.91. The molecular weight excluding hydrogens is 208 g/mol. The Morgan fingerprint density at radius 3 is 3.00 bits per heavy atom. The van der Waals surface area contributed by atoms with Crippen LogP contribution in [-0.4, -0.2) is 29.1 Å². The fourth-order valence-corrected chi connectivity index (χ4v) is 1.87. The predicted molar refractivity (Wildman–Crippen MR) is 56.4 cm³/mol. The molecule has 6 heteroatoms. The van der Waals surface area contributed by atoms with Gasteiger partial charge >= 0.3 is 0 Å². The van der Waals surface area contributed by atoms with Crippen LogP contribution in [0.5, 0.6) is 0 Å². The Morgan fingerprint density at radius 1 is 1.62 bits per heavy atom. The van der Waals surface area contributed by atoms with Gasteiger partial charge in [-0.1, -0.05) is 12.1 Å². The zero-order valence-electron chi connectivity index (χ0n) is 9.49. The van der Waals surface area contributed by atoms with Crippen LogP contribution in [0.3, 0.4) is 0 Å². The summed E-state index contributed by atoms with van der Waals surface area (Å²) in [6.45, 7) is 5.77. The number of nitrogens with one attached hydrogen (secondary N) is 2. The topological polar surface area (TPSA) is 80.0 Å². The third-order valence-corrected chi connectivity index (χ3v) is 2.84. The van der Waals surface area contributed by atoms with E-state index in [-0.39, 0.29) is 11.8 Å². The minimum Gasteiger partial charge on any atom is -0.347 e. The number of amides is 1. The van der Waals surface area contributed by atoms with Gasteiger partial charge in [0.2, 0.25) is 11.8 Å². The molecule has 0 bridgehead atoms. The first kappa shape index (κ1) is 11.1. The van der Waals surface area contributed by atoms with Gasteiger partial charge in [-0.05, 0) is 19.4 Å². The number of carbonyl (C=O) groups is 1. The van der Waals surface area contributed by atoms with Gasteiger partial charge in [0, 0.05) is 6.54 Å². The molecule has 0 radical (unpaired) electrons. The maximum absolute atomic E-state index is 11.8. The summed E-state index contributed by atoms with van der Waals surface area (Å²) in [7, 11) is 0. The normalized spacial score (nSPS) is 24.6. The second kappa shape index (κ2) is 4.61. The first-order valence-electron chi connectivity index (χ1n) is 5.44. The van der Waals surface area contributed by atoms with Crippen molar-refractivity contribution in [2.45, 2.75) is 20.4 Å². The van der Waals surface area contributed by atoms with Crippen LogP contribution in [0.2, 0.25) is 0 Å². The van der Waals surface area contributed by atoms with Gasteiger partial charge < -0.3 is 15.2 Å². The molecule has 2 rings (SSSR count). The van der Waals surface area contributed by atoms with Crippen LogP contribution < -0.4 is 10.6 Å². The van der Waals surface area contributed by atoms with E-state index in [9.17, 15) is 4.79 Å². The quantitative estimate of drug-likeness (QED) is 0.746. The molecule has 0 spiro atoms. The SMILES string of the molecule is Cc1noc(CNC(=O)C2CNCC2C)n1. The molecule has 1 fully saturated rings. The predicted octanol–water partition coefficient (Wildman–Crippen LogP) is -0.150. The van der Waals surface area contributed by atoms with Crippen LogP contribution in [0.4, 0.5) is 0 Å². The Hall–Kier alpha value is -1.43. The van der Waals surface area contributed by atoms with Gasteiger partial charge in [0.05, 0.1) is 12.5 Å². The van der Waals surface area contributed by atoms with E-state index in [0.29, 0.717) is 24.2 Å². The van der Waals surface area contributed by atoms with Crippen LogP contribution in [0.25, 0.3) is 0 Å². The van der Waals surface area contributed by atoms with Crippen molar-refractivity contribution in [3.63, 3.8) is 0 Å². The summed E-state index contributed by atoms with van der Waals surface area (Å²) >= 11 is 0. The molecule has 1 aromatic heterocycles. The second-order valence-electron chi connectivity index (χ2n) is 4.20. The zero-order valence-corrected chi connectivity index (χ0v) is 9.49. The molecule has 1 aliphatic rings. The Morgan fingerprint density at radius 2 is 2.44 bits per heavy atom. The number of hydrogen-bond acceptors (Lipinski definition) is 5. The zero-order chi connectivity index (χ0) is 11.5. The Balaban J connectivity index is 1.83. The van der Waals surface area contributed by atoms with Crippen molar-refractivity contribution in [2.75, 3.05) is 13.1 Å². The molecule has 2 unspecified atom stereocenters. The molecule has 1 amide bonds. The minimum atomic E-state index is 0.0454. The van der Waals surface area contributed by atoms with Crippen molar-refractivity contribution in [1.82, 2.24) is 20.8 Å². The van der Waals surface area contributed by atoms with Gasteiger partial charge in [0.25, 0.3) is 0 Å². The van der Waals surface area contributed by atoms with E-state index in [1.807, 2.05) is 0 Å². The summed E-state index contributed by atoms with van der Waals surface area (Å²) in [4.78, 5) is 15.8.